The SMILES string of the molecule is C=C[C@@H]1C[C@]1(CC(=O)[C@@H]1C[C@@H](Cc2cc(-c3csc(NC(C)C)n3)nc3cc(OC)ccc23)CN1C(=O)[C@@H](CC(=O)OC1CCCC1)C(C)(C)C)C(=O)NS(=O)(=O)Oc1ccccc1. The average molecular weight is 914 g/mol. The number of methoxy groups -OCH3 is 1. The number of rotatable bonds is 18. The molecule has 16 heteroatoms. The van der Waals surface area contributed by atoms with E-state index in [9.17, 15) is 22.8 Å². The highest BCUT2D eigenvalue weighted by Crippen LogP contribution is 2.57. The highest BCUT2D eigenvalue weighted by Gasteiger charge is 2.61. The lowest BCUT2D eigenvalue weighted by molar-refractivity contribution is -0.156. The highest BCUT2D eigenvalue weighted by atomic mass is 32.2. The van der Waals surface area contributed by atoms with Gasteiger partial charge in [0.2, 0.25) is 11.8 Å². The molecule has 3 aliphatic rings. The number of nitrogens with one attached hydrogen (secondary N) is 2. The van der Waals surface area contributed by atoms with Crippen LogP contribution in [0.15, 0.2) is 72.6 Å². The molecule has 342 valence electrons. The van der Waals surface area contributed by atoms with E-state index in [0.717, 1.165) is 41.8 Å². The predicted octanol–water partition coefficient (Wildman–Crippen LogP) is 8.08. The van der Waals surface area contributed by atoms with Crippen LogP contribution in [0.5, 0.6) is 11.5 Å². The van der Waals surface area contributed by atoms with Crippen molar-refractivity contribution in [3.05, 3.63) is 78.2 Å². The number of hydrogen-bond acceptors (Lipinski definition) is 13. The molecule has 3 heterocycles. The number of Topliss-reactive ketones (excluding diaryl/α,β-unsaturated/α-hetero) is 1. The number of hydrogen-bond donors (Lipinski definition) is 2. The minimum absolute atomic E-state index is 0.0170. The number of benzene rings is 2. The third-order valence-corrected chi connectivity index (χ3v) is 14.3. The Morgan fingerprint density at radius 3 is 2.41 bits per heavy atom. The zero-order chi connectivity index (χ0) is 46.0. The Morgan fingerprint density at radius 1 is 1.02 bits per heavy atom. The Labute approximate surface area is 379 Å². The molecule has 2 aromatic heterocycles. The van der Waals surface area contributed by atoms with Crippen LogP contribution in [0.25, 0.3) is 22.3 Å². The number of amides is 2. The van der Waals surface area contributed by atoms with Gasteiger partial charge >= 0.3 is 16.3 Å². The van der Waals surface area contributed by atoms with Gasteiger partial charge in [-0.2, -0.15) is 8.42 Å². The summed E-state index contributed by atoms with van der Waals surface area (Å²) in [4.78, 5) is 68.6. The number of ether oxygens (including phenoxy) is 2. The highest BCUT2D eigenvalue weighted by molar-refractivity contribution is 7.85. The first kappa shape index (κ1) is 46.6. The molecule has 2 aromatic carbocycles. The van der Waals surface area contributed by atoms with Crippen molar-refractivity contribution >= 4 is 61.2 Å². The molecular weight excluding hydrogens is 855 g/mol. The van der Waals surface area contributed by atoms with E-state index in [2.05, 4.69) is 11.9 Å². The molecule has 2 saturated carbocycles. The smallest absolute Gasteiger partial charge is 0.409 e. The number of pyridine rings is 1. The van der Waals surface area contributed by atoms with Crippen LogP contribution < -0.4 is 19.0 Å². The van der Waals surface area contributed by atoms with Gasteiger partial charge < -0.3 is 23.9 Å². The Kier molecular flexibility index (Phi) is 13.9. The number of anilines is 1. The minimum atomic E-state index is -4.60. The van der Waals surface area contributed by atoms with Crippen LogP contribution in [0.2, 0.25) is 0 Å². The number of allylic oxidation sites excluding steroid dienone is 1. The number of fused-ring (bicyclic) bond motifs is 1. The van der Waals surface area contributed by atoms with Crippen LogP contribution in [-0.4, -0.2) is 78.7 Å². The Hall–Kier alpha value is -5.35. The lowest BCUT2D eigenvalue weighted by atomic mass is 9.77. The second-order valence-electron chi connectivity index (χ2n) is 18.8. The molecule has 4 aromatic rings. The summed E-state index contributed by atoms with van der Waals surface area (Å²) < 4.78 is 44.7. The maximum Gasteiger partial charge on any atom is 0.409 e. The number of esters is 1. The van der Waals surface area contributed by atoms with Crippen molar-refractivity contribution < 1.29 is 41.3 Å². The predicted molar refractivity (Wildman–Crippen MR) is 246 cm³/mol. The Bertz CT molecular complexity index is 2500. The fraction of sp³-hybridized carbons (Fsp3) is 0.500. The molecule has 5 atom stereocenters. The molecule has 14 nitrogen and oxygen atoms in total. The topological polar surface area (TPSA) is 183 Å². The van der Waals surface area contributed by atoms with Crippen LogP contribution in [0.3, 0.4) is 0 Å². The molecule has 3 fully saturated rings. The molecule has 1 saturated heterocycles. The molecule has 0 radical (unpaired) electrons. The van der Waals surface area contributed by atoms with Gasteiger partial charge in [0.25, 0.3) is 0 Å². The largest absolute Gasteiger partial charge is 0.497 e. The maximum atomic E-state index is 15.0. The Morgan fingerprint density at radius 2 is 1.75 bits per heavy atom. The molecule has 64 heavy (non-hydrogen) atoms. The lowest BCUT2D eigenvalue weighted by Crippen LogP contribution is -2.48. The second-order valence-corrected chi connectivity index (χ2v) is 21.0. The summed E-state index contributed by atoms with van der Waals surface area (Å²) in [5, 5.41) is 6.97. The van der Waals surface area contributed by atoms with Gasteiger partial charge in [-0.25, -0.2) is 14.7 Å². The standard InChI is InChI=1S/C48H59N5O9S2/c1-8-32-25-48(32,45(57)52-64(58,59)62-34-16-10-9-11-17-34)26-42(54)41-21-30(27-53(41)44(56)37(47(4,5)6)24-43(55)61-33-14-12-13-15-33)20-31-22-39(40-28-63-46(51-40)49-29(2)3)50-38-23-35(60-7)18-19-36(31)38/h8-11,16-19,22-23,28-30,32-33,37,41H,1,12-15,20-21,24-27H2,2-7H3,(H,49,51)(H,52,57)/t30-,32-,37-,41+,48-/m1/s1. The van der Waals surface area contributed by atoms with Crippen molar-refractivity contribution in [2.75, 3.05) is 19.0 Å². The summed E-state index contributed by atoms with van der Waals surface area (Å²) >= 11 is 1.49. The zero-order valence-corrected chi connectivity index (χ0v) is 39.1. The molecule has 0 bridgehead atoms. The molecule has 0 unspecified atom stereocenters. The molecule has 1 aliphatic heterocycles. The van der Waals surface area contributed by atoms with Gasteiger partial charge in [0, 0.05) is 35.8 Å². The average Bonchev–Trinajstić information content (AvgIpc) is 3.65. The van der Waals surface area contributed by atoms with Gasteiger partial charge in [-0.15, -0.1) is 17.9 Å². The third kappa shape index (κ3) is 10.8. The van der Waals surface area contributed by atoms with Gasteiger partial charge in [-0.05, 0) is 112 Å². The van der Waals surface area contributed by atoms with Crippen LogP contribution in [0.4, 0.5) is 5.13 Å². The van der Waals surface area contributed by atoms with Crippen molar-refractivity contribution in [1.29, 1.82) is 0 Å². The summed E-state index contributed by atoms with van der Waals surface area (Å²) in [6.07, 6.45) is 5.39. The van der Waals surface area contributed by atoms with Crippen LogP contribution >= 0.6 is 11.3 Å². The van der Waals surface area contributed by atoms with Crippen LogP contribution in [0.1, 0.15) is 91.5 Å². The normalized spacial score (nSPS) is 21.7. The van der Waals surface area contributed by atoms with Gasteiger partial charge in [0.05, 0.1) is 42.1 Å². The van der Waals surface area contributed by atoms with E-state index in [-0.39, 0.29) is 67.7 Å². The van der Waals surface area contributed by atoms with Gasteiger partial charge in [-0.1, -0.05) is 45.0 Å². The lowest BCUT2D eigenvalue weighted by Gasteiger charge is -2.35. The van der Waals surface area contributed by atoms with Crippen molar-refractivity contribution in [2.45, 2.75) is 111 Å². The van der Waals surface area contributed by atoms with E-state index in [4.69, 9.17) is 23.6 Å². The summed E-state index contributed by atoms with van der Waals surface area (Å²) in [7, 11) is -3.01. The monoisotopic (exact) mass is 913 g/mol. The van der Waals surface area contributed by atoms with Crippen LogP contribution in [0, 0.1) is 28.6 Å². The molecule has 7 rings (SSSR count). The zero-order valence-electron chi connectivity index (χ0n) is 37.4. The van der Waals surface area contributed by atoms with E-state index >= 15 is 4.79 Å². The summed E-state index contributed by atoms with van der Waals surface area (Å²) in [5.74, 6) is -2.91. The number of carbonyl (C=O) groups excluding carboxylic acids is 4. The quantitative estimate of drug-likeness (QED) is 0.0724. The van der Waals surface area contributed by atoms with Crippen molar-refractivity contribution in [2.24, 2.45) is 28.6 Å². The number of carbonyl (C=O) groups is 4. The first-order valence-electron chi connectivity index (χ1n) is 22.0. The number of para-hydroxylation sites is 1. The van der Waals surface area contributed by atoms with E-state index in [0.29, 0.717) is 29.1 Å². The third-order valence-electron chi connectivity index (χ3n) is 12.7. The van der Waals surface area contributed by atoms with Crippen molar-refractivity contribution in [3.8, 4) is 22.9 Å². The number of thiazole rings is 1. The molecule has 2 amide bonds. The number of ketones is 1. The van der Waals surface area contributed by atoms with Gasteiger partial charge in [0.15, 0.2) is 10.9 Å². The minimum Gasteiger partial charge on any atom is -0.497 e. The van der Waals surface area contributed by atoms with Crippen molar-refractivity contribution in [1.82, 2.24) is 19.6 Å². The fourth-order valence-electron chi connectivity index (χ4n) is 9.17. The van der Waals surface area contributed by atoms with E-state index in [1.807, 2.05) is 69.0 Å². The molecule has 2 N–H and O–H groups in total. The molecule has 2 aliphatic carbocycles. The number of nitrogens with zero attached hydrogens (tertiary/aromatic N) is 3. The maximum absolute atomic E-state index is 15.0. The van der Waals surface area contributed by atoms with E-state index in [1.54, 1.807) is 36.3 Å². The summed E-state index contributed by atoms with van der Waals surface area (Å²) in [5.41, 5.74) is 0.920. The Balaban J connectivity index is 1.20. The first-order chi connectivity index (χ1) is 30.4. The summed E-state index contributed by atoms with van der Waals surface area (Å²) in [6.45, 7) is 13.9. The number of aromatic nitrogens is 2. The van der Waals surface area contributed by atoms with E-state index in [1.165, 1.54) is 23.5 Å². The van der Waals surface area contributed by atoms with Gasteiger partial charge in [0.1, 0.15) is 23.3 Å². The molecule has 0 spiro atoms. The number of likely N-dealkylation sites (tertiary alicyclic amines) is 1. The summed E-state index contributed by atoms with van der Waals surface area (Å²) in [6, 6.07) is 14.7. The first-order valence-corrected chi connectivity index (χ1v) is 24.3. The van der Waals surface area contributed by atoms with Gasteiger partial charge in [-0.3, -0.25) is 19.2 Å². The fourth-order valence-corrected chi connectivity index (χ4v) is 10.9. The van der Waals surface area contributed by atoms with Crippen molar-refractivity contribution in [3.63, 3.8) is 0 Å². The second kappa shape index (κ2) is 19.0. The van der Waals surface area contributed by atoms with E-state index < -0.39 is 50.9 Å². The molecular formula is C48H59N5O9S2. The van der Waals surface area contributed by atoms with Crippen LogP contribution in [-0.2, 0) is 40.6 Å².